The van der Waals surface area contributed by atoms with Gasteiger partial charge in [-0.3, -0.25) is 4.79 Å². The summed E-state index contributed by atoms with van der Waals surface area (Å²) in [6.45, 7) is 3.10. The first kappa shape index (κ1) is 16.2. The minimum absolute atomic E-state index is 0.145. The second-order valence-electron chi connectivity index (χ2n) is 6.08. The van der Waals surface area contributed by atoms with Crippen molar-refractivity contribution in [2.24, 2.45) is 5.10 Å². The zero-order valence-electron chi connectivity index (χ0n) is 13.5. The summed E-state index contributed by atoms with van der Waals surface area (Å²) in [6.07, 6.45) is 1.80. The lowest BCUT2D eigenvalue weighted by atomic mass is 10.1. The van der Waals surface area contributed by atoms with Gasteiger partial charge in [0, 0.05) is 29.7 Å². The van der Waals surface area contributed by atoms with Gasteiger partial charge in [-0.1, -0.05) is 30.3 Å². The summed E-state index contributed by atoms with van der Waals surface area (Å²) in [7, 11) is 0. The maximum atomic E-state index is 12.0. The van der Waals surface area contributed by atoms with Crippen molar-refractivity contribution in [2.45, 2.75) is 19.4 Å². The molecule has 3 N–H and O–H groups in total. The molecular formula is C19H22N3O2+. The summed E-state index contributed by atoms with van der Waals surface area (Å²) >= 11 is 0. The van der Waals surface area contributed by atoms with Gasteiger partial charge in [0.15, 0.2) is 0 Å². The fourth-order valence-corrected chi connectivity index (χ4v) is 2.87. The van der Waals surface area contributed by atoms with Crippen molar-refractivity contribution in [3.05, 3.63) is 65.7 Å². The summed E-state index contributed by atoms with van der Waals surface area (Å²) < 4.78 is 0. The molecule has 0 bridgehead atoms. The van der Waals surface area contributed by atoms with Crippen LogP contribution in [0.2, 0.25) is 0 Å². The number of quaternary nitrogens is 1. The molecule has 0 unspecified atom stereocenters. The average molecular weight is 324 g/mol. The fraction of sp³-hybridized carbons (Fsp3) is 0.263. The average Bonchev–Trinajstić information content (AvgIpc) is 2.62. The molecule has 24 heavy (non-hydrogen) atoms. The third kappa shape index (κ3) is 4.43. The van der Waals surface area contributed by atoms with Gasteiger partial charge in [-0.15, -0.1) is 0 Å². The highest BCUT2D eigenvalue weighted by molar-refractivity contribution is 5.95. The number of hydrogen-bond acceptors (Lipinski definition) is 3. The van der Waals surface area contributed by atoms with Crippen molar-refractivity contribution < 1.29 is 14.8 Å². The highest BCUT2D eigenvalue weighted by atomic mass is 16.3. The van der Waals surface area contributed by atoms with Gasteiger partial charge in [0.1, 0.15) is 12.3 Å². The normalized spacial score (nSPS) is 17.3. The minimum Gasteiger partial charge on any atom is -0.508 e. The Kier molecular flexibility index (Phi) is 5.23. The van der Waals surface area contributed by atoms with E-state index in [2.05, 4.69) is 34.8 Å². The lowest BCUT2D eigenvalue weighted by Crippen LogP contribution is -3.11. The molecule has 1 heterocycles. The predicted octanol–water partition coefficient (Wildman–Crippen LogP) is 1.36. The van der Waals surface area contributed by atoms with E-state index in [1.54, 1.807) is 17.0 Å². The molecule has 5 heteroatoms. The third-order valence-electron chi connectivity index (χ3n) is 4.28. The Balaban J connectivity index is 1.48. The number of amides is 1. The summed E-state index contributed by atoms with van der Waals surface area (Å²) in [6, 6.07) is 16.7. The van der Waals surface area contributed by atoms with E-state index < -0.39 is 0 Å². The standard InChI is InChI=1S/C19H21N3O2/c23-18-8-6-16(7-9-18)19(24)21-20-17-10-12-22(13-11-17)14-15-4-2-1-3-5-15/h1-9,23H,10-14H2,(H,21,24)/p+1. The van der Waals surface area contributed by atoms with Crippen LogP contribution in [0, 0.1) is 0 Å². The van der Waals surface area contributed by atoms with Crippen LogP contribution < -0.4 is 10.3 Å². The summed E-state index contributed by atoms with van der Waals surface area (Å²) in [4.78, 5) is 13.5. The quantitative estimate of drug-likeness (QED) is 0.744. The molecule has 124 valence electrons. The van der Waals surface area contributed by atoms with Gasteiger partial charge in [-0.2, -0.15) is 5.10 Å². The van der Waals surface area contributed by atoms with Crippen LogP contribution in [0.3, 0.4) is 0 Å². The molecule has 0 saturated carbocycles. The van der Waals surface area contributed by atoms with Crippen molar-refractivity contribution in [3.63, 3.8) is 0 Å². The maximum absolute atomic E-state index is 12.0. The van der Waals surface area contributed by atoms with E-state index in [0.717, 1.165) is 38.2 Å². The van der Waals surface area contributed by atoms with Crippen LogP contribution in [0.4, 0.5) is 0 Å². The second kappa shape index (κ2) is 7.75. The molecule has 0 atom stereocenters. The van der Waals surface area contributed by atoms with Crippen molar-refractivity contribution in [2.75, 3.05) is 13.1 Å². The molecule has 1 fully saturated rings. The highest BCUT2D eigenvalue weighted by Gasteiger charge is 2.18. The Morgan fingerprint density at radius 1 is 1.04 bits per heavy atom. The van der Waals surface area contributed by atoms with Gasteiger partial charge < -0.3 is 10.0 Å². The van der Waals surface area contributed by atoms with Crippen LogP contribution in [-0.2, 0) is 6.54 Å². The Morgan fingerprint density at radius 3 is 2.38 bits per heavy atom. The SMILES string of the molecule is O=C(NN=C1CC[NH+](Cc2ccccc2)CC1)c1ccc(O)cc1. The van der Waals surface area contributed by atoms with Crippen molar-refractivity contribution >= 4 is 11.6 Å². The number of hydrazone groups is 1. The Labute approximate surface area is 141 Å². The van der Waals surface area contributed by atoms with Crippen LogP contribution in [0.15, 0.2) is 59.7 Å². The second-order valence-corrected chi connectivity index (χ2v) is 6.08. The molecule has 2 aromatic carbocycles. The van der Waals surface area contributed by atoms with Crippen LogP contribution in [0.1, 0.15) is 28.8 Å². The van der Waals surface area contributed by atoms with Crippen LogP contribution >= 0.6 is 0 Å². The van der Waals surface area contributed by atoms with Crippen LogP contribution in [0.5, 0.6) is 5.75 Å². The molecule has 2 aromatic rings. The molecule has 0 aliphatic carbocycles. The smallest absolute Gasteiger partial charge is 0.271 e. The summed E-state index contributed by atoms with van der Waals surface area (Å²) in [5.74, 6) is -0.104. The fourth-order valence-electron chi connectivity index (χ4n) is 2.87. The van der Waals surface area contributed by atoms with Gasteiger partial charge in [0.2, 0.25) is 0 Å². The Hall–Kier alpha value is -2.66. The van der Waals surface area contributed by atoms with Crippen molar-refractivity contribution in [1.82, 2.24) is 5.43 Å². The predicted molar refractivity (Wildman–Crippen MR) is 93.1 cm³/mol. The van der Waals surface area contributed by atoms with Gasteiger partial charge in [0.05, 0.1) is 13.1 Å². The number of nitrogens with one attached hydrogen (secondary N) is 2. The monoisotopic (exact) mass is 324 g/mol. The first-order chi connectivity index (χ1) is 11.7. The van der Waals surface area contributed by atoms with Crippen LogP contribution in [-0.4, -0.2) is 29.8 Å². The van der Waals surface area contributed by atoms with Crippen molar-refractivity contribution in [1.29, 1.82) is 0 Å². The molecule has 0 radical (unpaired) electrons. The summed E-state index contributed by atoms with van der Waals surface area (Å²) in [5.41, 5.74) is 5.50. The molecule has 1 aliphatic heterocycles. The molecule has 1 saturated heterocycles. The number of benzene rings is 2. The molecule has 0 aromatic heterocycles. The number of carbonyl (C=O) groups is 1. The number of likely N-dealkylation sites (tertiary alicyclic amines) is 1. The summed E-state index contributed by atoms with van der Waals surface area (Å²) in [5, 5.41) is 13.5. The molecular weight excluding hydrogens is 302 g/mol. The Bertz CT molecular complexity index is 701. The third-order valence-corrected chi connectivity index (χ3v) is 4.28. The largest absolute Gasteiger partial charge is 0.508 e. The molecule has 1 aliphatic rings. The number of aromatic hydroxyl groups is 1. The number of carbonyl (C=O) groups excluding carboxylic acids is 1. The molecule has 3 rings (SSSR count). The number of phenolic OH excluding ortho intramolecular Hbond substituents is 1. The van der Waals surface area contributed by atoms with Gasteiger partial charge >= 0.3 is 0 Å². The number of nitrogens with zero attached hydrogens (tertiary/aromatic N) is 1. The van der Waals surface area contributed by atoms with Crippen LogP contribution in [0.25, 0.3) is 0 Å². The lowest BCUT2D eigenvalue weighted by molar-refractivity contribution is -0.914. The Morgan fingerprint density at radius 2 is 1.71 bits per heavy atom. The zero-order valence-corrected chi connectivity index (χ0v) is 13.5. The number of hydrogen-bond donors (Lipinski definition) is 3. The molecule has 5 nitrogen and oxygen atoms in total. The number of piperidine rings is 1. The van der Waals surface area contributed by atoms with E-state index in [-0.39, 0.29) is 11.7 Å². The van der Waals surface area contributed by atoms with E-state index in [9.17, 15) is 9.90 Å². The number of rotatable bonds is 4. The van der Waals surface area contributed by atoms with E-state index in [1.807, 2.05) is 6.07 Å². The van der Waals surface area contributed by atoms with E-state index >= 15 is 0 Å². The minimum atomic E-state index is -0.249. The van der Waals surface area contributed by atoms with Gasteiger partial charge in [-0.25, -0.2) is 5.43 Å². The van der Waals surface area contributed by atoms with Gasteiger partial charge in [0.25, 0.3) is 5.91 Å². The maximum Gasteiger partial charge on any atom is 0.271 e. The number of phenols is 1. The lowest BCUT2D eigenvalue weighted by Gasteiger charge is -2.24. The van der Waals surface area contributed by atoms with E-state index in [0.29, 0.717) is 5.56 Å². The first-order valence-electron chi connectivity index (χ1n) is 8.23. The van der Waals surface area contributed by atoms with E-state index in [4.69, 9.17) is 0 Å². The topological polar surface area (TPSA) is 66.1 Å². The van der Waals surface area contributed by atoms with Crippen molar-refractivity contribution in [3.8, 4) is 5.75 Å². The molecule has 1 amide bonds. The first-order valence-corrected chi connectivity index (χ1v) is 8.23. The van der Waals surface area contributed by atoms with E-state index in [1.165, 1.54) is 17.7 Å². The zero-order chi connectivity index (χ0) is 16.8. The van der Waals surface area contributed by atoms with Gasteiger partial charge in [-0.05, 0) is 24.3 Å². The highest BCUT2D eigenvalue weighted by Crippen LogP contribution is 2.09. The molecule has 0 spiro atoms.